The predicted molar refractivity (Wildman–Crippen MR) is 74.4 cm³/mol. The van der Waals surface area contributed by atoms with Crippen molar-refractivity contribution in [3.05, 3.63) is 33.9 Å². The predicted octanol–water partition coefficient (Wildman–Crippen LogP) is 1.48. The van der Waals surface area contributed by atoms with Crippen molar-refractivity contribution < 1.29 is 14.8 Å². The summed E-state index contributed by atoms with van der Waals surface area (Å²) in [7, 11) is 1.78. The van der Waals surface area contributed by atoms with Gasteiger partial charge in [0.25, 0.3) is 0 Å². The zero-order chi connectivity index (χ0) is 14.7. The van der Waals surface area contributed by atoms with E-state index in [0.29, 0.717) is 5.69 Å². The van der Waals surface area contributed by atoms with Gasteiger partial charge < -0.3 is 15.3 Å². The molecule has 0 spiro atoms. The second kappa shape index (κ2) is 5.87. The van der Waals surface area contributed by atoms with Crippen LogP contribution in [-0.4, -0.2) is 42.2 Å². The molecule has 0 aliphatic carbocycles. The van der Waals surface area contributed by atoms with Gasteiger partial charge in [-0.2, -0.15) is 0 Å². The molecule has 1 fully saturated rings. The third-order valence-electron chi connectivity index (χ3n) is 3.66. The second-order valence-corrected chi connectivity index (χ2v) is 4.83. The Labute approximate surface area is 116 Å². The van der Waals surface area contributed by atoms with Crippen LogP contribution in [0, 0.1) is 10.1 Å². The Balaban J connectivity index is 2.42. The Morgan fingerprint density at radius 1 is 1.45 bits per heavy atom. The fraction of sp³-hybridized carbons (Fsp3) is 0.462. The average Bonchev–Trinajstić information content (AvgIpc) is 2.46. The van der Waals surface area contributed by atoms with Crippen LogP contribution in [0.15, 0.2) is 18.2 Å². The summed E-state index contributed by atoms with van der Waals surface area (Å²) in [5.74, 6) is -1.28. The molecule has 0 unspecified atom stereocenters. The summed E-state index contributed by atoms with van der Waals surface area (Å²) >= 11 is 0. The molecule has 1 aliphatic heterocycles. The molecule has 20 heavy (non-hydrogen) atoms. The van der Waals surface area contributed by atoms with E-state index in [0.717, 1.165) is 25.9 Å². The highest BCUT2D eigenvalue weighted by Crippen LogP contribution is 2.33. The number of hydrogen-bond acceptors (Lipinski definition) is 5. The van der Waals surface area contributed by atoms with Crippen LogP contribution in [0.25, 0.3) is 0 Å². The van der Waals surface area contributed by atoms with Crippen molar-refractivity contribution in [3.8, 4) is 0 Å². The van der Waals surface area contributed by atoms with Crippen molar-refractivity contribution in [3.63, 3.8) is 0 Å². The highest BCUT2D eigenvalue weighted by atomic mass is 16.6. The lowest BCUT2D eigenvalue weighted by molar-refractivity contribution is -0.384. The lowest BCUT2D eigenvalue weighted by Gasteiger charge is -2.33. The molecule has 7 heteroatoms. The van der Waals surface area contributed by atoms with Crippen LogP contribution < -0.4 is 10.2 Å². The van der Waals surface area contributed by atoms with Gasteiger partial charge in [0.15, 0.2) is 0 Å². The Morgan fingerprint density at radius 3 is 2.65 bits per heavy atom. The van der Waals surface area contributed by atoms with Gasteiger partial charge in [-0.3, -0.25) is 10.1 Å². The van der Waals surface area contributed by atoms with E-state index in [-0.39, 0.29) is 17.3 Å². The van der Waals surface area contributed by atoms with Gasteiger partial charge in [-0.1, -0.05) is 6.07 Å². The van der Waals surface area contributed by atoms with Crippen LogP contribution in [0.2, 0.25) is 0 Å². The summed E-state index contributed by atoms with van der Waals surface area (Å²) in [6.07, 6.45) is 1.76. The molecule has 0 bridgehead atoms. The molecule has 1 heterocycles. The van der Waals surface area contributed by atoms with Gasteiger partial charge in [0.2, 0.25) is 0 Å². The van der Waals surface area contributed by atoms with Crippen molar-refractivity contribution in [2.75, 3.05) is 25.0 Å². The van der Waals surface area contributed by atoms with Crippen molar-refractivity contribution >= 4 is 17.3 Å². The molecule has 1 saturated heterocycles. The van der Waals surface area contributed by atoms with E-state index in [9.17, 15) is 14.9 Å². The van der Waals surface area contributed by atoms with Gasteiger partial charge in [0, 0.05) is 13.1 Å². The SMILES string of the molecule is CN(c1cccc(C(=O)O)c1[N+](=O)[O-])C1CCNCC1. The van der Waals surface area contributed by atoms with Gasteiger partial charge in [0.1, 0.15) is 11.3 Å². The minimum absolute atomic E-state index is 0.180. The average molecular weight is 279 g/mol. The number of carboxylic acid groups (broad SMARTS) is 1. The van der Waals surface area contributed by atoms with Gasteiger partial charge in [0.05, 0.1) is 4.92 Å². The minimum atomic E-state index is -1.28. The summed E-state index contributed by atoms with van der Waals surface area (Å²) in [6, 6.07) is 4.59. The van der Waals surface area contributed by atoms with Crippen molar-refractivity contribution in [1.82, 2.24) is 5.32 Å². The van der Waals surface area contributed by atoms with Crippen molar-refractivity contribution in [2.24, 2.45) is 0 Å². The Hall–Kier alpha value is -2.15. The summed E-state index contributed by atoms with van der Waals surface area (Å²) in [4.78, 5) is 23.6. The van der Waals surface area contributed by atoms with E-state index in [1.807, 2.05) is 4.90 Å². The monoisotopic (exact) mass is 279 g/mol. The van der Waals surface area contributed by atoms with E-state index in [1.165, 1.54) is 6.07 Å². The van der Waals surface area contributed by atoms with Crippen LogP contribution in [0.5, 0.6) is 0 Å². The van der Waals surface area contributed by atoms with E-state index < -0.39 is 10.9 Å². The molecule has 0 saturated carbocycles. The molecule has 1 aromatic rings. The molecule has 0 aromatic heterocycles. The molecule has 0 atom stereocenters. The summed E-state index contributed by atoms with van der Waals surface area (Å²) < 4.78 is 0. The first-order chi connectivity index (χ1) is 9.52. The van der Waals surface area contributed by atoms with Crippen molar-refractivity contribution in [1.29, 1.82) is 0 Å². The third-order valence-corrected chi connectivity index (χ3v) is 3.66. The number of para-hydroxylation sites is 1. The lowest BCUT2D eigenvalue weighted by Crippen LogP contribution is -2.41. The van der Waals surface area contributed by atoms with Crippen LogP contribution in [-0.2, 0) is 0 Å². The smallest absolute Gasteiger partial charge is 0.342 e. The normalized spacial score (nSPS) is 15.8. The number of nitro groups is 1. The molecule has 2 rings (SSSR count). The zero-order valence-electron chi connectivity index (χ0n) is 11.2. The van der Waals surface area contributed by atoms with E-state index in [4.69, 9.17) is 5.11 Å². The summed E-state index contributed by atoms with van der Waals surface area (Å²) in [5.41, 5.74) is -0.240. The third kappa shape index (κ3) is 2.72. The first-order valence-electron chi connectivity index (χ1n) is 6.46. The van der Waals surface area contributed by atoms with Crippen LogP contribution in [0.3, 0.4) is 0 Å². The topological polar surface area (TPSA) is 95.7 Å². The Kier molecular flexibility index (Phi) is 4.19. The first-order valence-corrected chi connectivity index (χ1v) is 6.46. The lowest BCUT2D eigenvalue weighted by atomic mass is 10.0. The van der Waals surface area contributed by atoms with E-state index >= 15 is 0 Å². The van der Waals surface area contributed by atoms with Gasteiger partial charge in [-0.05, 0) is 38.1 Å². The molecule has 0 radical (unpaired) electrons. The number of rotatable bonds is 4. The van der Waals surface area contributed by atoms with Crippen LogP contribution in [0.4, 0.5) is 11.4 Å². The Bertz CT molecular complexity index is 526. The fourth-order valence-electron chi connectivity index (χ4n) is 2.57. The van der Waals surface area contributed by atoms with Crippen LogP contribution >= 0.6 is 0 Å². The van der Waals surface area contributed by atoms with E-state index in [2.05, 4.69) is 5.32 Å². The number of nitrogens with one attached hydrogen (secondary N) is 1. The molecular weight excluding hydrogens is 262 g/mol. The maximum absolute atomic E-state index is 11.2. The largest absolute Gasteiger partial charge is 0.477 e. The van der Waals surface area contributed by atoms with Crippen LogP contribution in [0.1, 0.15) is 23.2 Å². The maximum atomic E-state index is 11.2. The molecular formula is C13H17N3O4. The first kappa shape index (κ1) is 14.3. The number of piperidine rings is 1. The molecule has 1 aromatic carbocycles. The molecule has 1 aliphatic rings. The van der Waals surface area contributed by atoms with E-state index in [1.54, 1.807) is 19.2 Å². The molecule has 7 nitrogen and oxygen atoms in total. The summed E-state index contributed by atoms with van der Waals surface area (Å²) in [5, 5.41) is 23.6. The highest BCUT2D eigenvalue weighted by molar-refractivity contribution is 5.95. The van der Waals surface area contributed by atoms with Gasteiger partial charge in [-0.15, -0.1) is 0 Å². The highest BCUT2D eigenvalue weighted by Gasteiger charge is 2.29. The fourth-order valence-corrected chi connectivity index (χ4v) is 2.57. The number of carboxylic acids is 1. The minimum Gasteiger partial charge on any atom is -0.477 e. The maximum Gasteiger partial charge on any atom is 0.342 e. The molecule has 108 valence electrons. The standard InChI is InChI=1S/C13H17N3O4/c1-15(9-5-7-14-8-6-9)11-4-2-3-10(13(17)18)12(11)16(19)20/h2-4,9,14H,5-8H2,1H3,(H,17,18). The molecule has 0 amide bonds. The number of benzene rings is 1. The van der Waals surface area contributed by atoms with Gasteiger partial charge in [-0.25, -0.2) is 4.79 Å². The van der Waals surface area contributed by atoms with Crippen molar-refractivity contribution in [2.45, 2.75) is 18.9 Å². The number of hydrogen-bond donors (Lipinski definition) is 2. The quantitative estimate of drug-likeness (QED) is 0.640. The van der Waals surface area contributed by atoms with Gasteiger partial charge >= 0.3 is 11.7 Å². The Morgan fingerprint density at radius 2 is 2.10 bits per heavy atom. The number of nitrogens with zero attached hydrogens (tertiary/aromatic N) is 2. The number of nitro benzene ring substituents is 1. The molecule has 2 N–H and O–H groups in total. The number of carbonyl (C=O) groups is 1. The summed E-state index contributed by atoms with van der Waals surface area (Å²) in [6.45, 7) is 1.73. The number of anilines is 1. The zero-order valence-corrected chi connectivity index (χ0v) is 11.2. The number of aromatic carboxylic acids is 1. The second-order valence-electron chi connectivity index (χ2n) is 4.83.